The summed E-state index contributed by atoms with van der Waals surface area (Å²) in [6.07, 6.45) is 3.72. The van der Waals surface area contributed by atoms with Gasteiger partial charge in [-0.3, -0.25) is 4.79 Å². The minimum atomic E-state index is -1.48. The van der Waals surface area contributed by atoms with Crippen molar-refractivity contribution in [2.24, 2.45) is 5.41 Å². The van der Waals surface area contributed by atoms with Crippen LogP contribution in [0.1, 0.15) is 6.42 Å². The van der Waals surface area contributed by atoms with Crippen LogP contribution in [0.15, 0.2) is 0 Å². The summed E-state index contributed by atoms with van der Waals surface area (Å²) in [7, 11) is 0. The number of nitrogens with zero attached hydrogens (tertiary/aromatic N) is 2. The number of hydrogen-bond donors (Lipinski definition) is 0. The fourth-order valence-electron chi connectivity index (χ4n) is 0.992. The van der Waals surface area contributed by atoms with Crippen LogP contribution >= 0.6 is 0 Å². The number of ether oxygens (including phenoxy) is 1. The van der Waals surface area contributed by atoms with E-state index in [0.29, 0.717) is 0 Å². The van der Waals surface area contributed by atoms with E-state index in [9.17, 15) is 4.79 Å². The first-order chi connectivity index (χ1) is 5.68. The molecule has 1 rings (SSSR count). The Kier molecular flexibility index (Phi) is 1.73. The fraction of sp³-hybridized carbons (Fsp3) is 0.375. The molecule has 0 aromatic carbocycles. The second-order valence-electron chi connectivity index (χ2n) is 2.41. The Labute approximate surface area is 69.3 Å². The SMILES string of the molecule is C#CC1OC(=O)CC1(C#N)C#N. The Balaban J connectivity index is 3.08. The molecule has 0 bridgehead atoms. The highest BCUT2D eigenvalue weighted by atomic mass is 16.6. The Morgan fingerprint density at radius 3 is 2.50 bits per heavy atom. The van der Waals surface area contributed by atoms with E-state index in [0.717, 1.165) is 0 Å². The van der Waals surface area contributed by atoms with Crippen LogP contribution in [0, 0.1) is 40.4 Å². The van der Waals surface area contributed by atoms with Gasteiger partial charge < -0.3 is 4.74 Å². The molecule has 0 aromatic heterocycles. The summed E-state index contributed by atoms with van der Waals surface area (Å²) < 4.78 is 4.59. The molecule has 1 heterocycles. The summed E-state index contributed by atoms with van der Waals surface area (Å²) in [5, 5.41) is 17.3. The van der Waals surface area contributed by atoms with Gasteiger partial charge in [-0.25, -0.2) is 0 Å². The molecule has 0 aromatic rings. The molecule has 0 N–H and O–H groups in total. The summed E-state index contributed by atoms with van der Waals surface area (Å²) in [4.78, 5) is 10.7. The van der Waals surface area contributed by atoms with Gasteiger partial charge in [0.2, 0.25) is 5.41 Å². The highest BCUT2D eigenvalue weighted by molar-refractivity contribution is 5.75. The van der Waals surface area contributed by atoms with Crippen LogP contribution in [0.2, 0.25) is 0 Å². The van der Waals surface area contributed by atoms with Crippen molar-refractivity contribution in [1.29, 1.82) is 10.5 Å². The zero-order valence-electron chi connectivity index (χ0n) is 6.07. The Morgan fingerprint density at radius 1 is 1.58 bits per heavy atom. The van der Waals surface area contributed by atoms with Gasteiger partial charge in [0.15, 0.2) is 6.10 Å². The van der Waals surface area contributed by atoms with Crippen molar-refractivity contribution in [3.05, 3.63) is 0 Å². The largest absolute Gasteiger partial charge is 0.446 e. The van der Waals surface area contributed by atoms with E-state index in [-0.39, 0.29) is 6.42 Å². The quantitative estimate of drug-likeness (QED) is 0.368. The number of rotatable bonds is 0. The van der Waals surface area contributed by atoms with Crippen molar-refractivity contribution in [3.63, 3.8) is 0 Å². The summed E-state index contributed by atoms with van der Waals surface area (Å²) in [5.41, 5.74) is -1.48. The van der Waals surface area contributed by atoms with E-state index in [2.05, 4.69) is 10.7 Å². The van der Waals surface area contributed by atoms with Crippen LogP contribution in [0.4, 0.5) is 0 Å². The number of carbonyl (C=O) groups excluding carboxylic acids is 1. The normalized spacial score (nSPS) is 24.8. The average Bonchev–Trinajstić information content (AvgIpc) is 2.42. The third-order valence-corrected chi connectivity index (χ3v) is 1.67. The Bertz CT molecular complexity index is 326. The minimum absolute atomic E-state index is 0.241. The molecule has 1 unspecified atom stereocenters. The van der Waals surface area contributed by atoms with Gasteiger partial charge in [-0.05, 0) is 0 Å². The molecule has 58 valence electrons. The maximum absolute atomic E-state index is 10.7. The van der Waals surface area contributed by atoms with E-state index in [1.54, 1.807) is 12.1 Å². The highest BCUT2D eigenvalue weighted by Crippen LogP contribution is 2.33. The highest BCUT2D eigenvalue weighted by Gasteiger charge is 2.50. The van der Waals surface area contributed by atoms with Crippen molar-refractivity contribution >= 4 is 5.97 Å². The zero-order chi connectivity index (χ0) is 9.19. The molecule has 1 atom stereocenters. The molecule has 0 saturated carbocycles. The molecule has 1 saturated heterocycles. The van der Waals surface area contributed by atoms with Gasteiger partial charge in [0.25, 0.3) is 0 Å². The van der Waals surface area contributed by atoms with E-state index < -0.39 is 17.5 Å². The molecular formula is C8H4N2O2. The van der Waals surface area contributed by atoms with E-state index in [1.165, 1.54) is 0 Å². The molecule has 4 nitrogen and oxygen atoms in total. The summed E-state index contributed by atoms with van der Waals surface area (Å²) in [6.45, 7) is 0. The van der Waals surface area contributed by atoms with Crippen molar-refractivity contribution in [1.82, 2.24) is 0 Å². The fourth-order valence-corrected chi connectivity index (χ4v) is 0.992. The Hall–Kier alpha value is -1.99. The lowest BCUT2D eigenvalue weighted by molar-refractivity contribution is -0.139. The van der Waals surface area contributed by atoms with Gasteiger partial charge in [-0.2, -0.15) is 10.5 Å². The third-order valence-electron chi connectivity index (χ3n) is 1.67. The number of cyclic esters (lactones) is 1. The van der Waals surface area contributed by atoms with Crippen LogP contribution in [-0.2, 0) is 9.53 Å². The predicted octanol–water partition coefficient (Wildman–Crippen LogP) is -0.0313. The van der Waals surface area contributed by atoms with Gasteiger partial charge in [-0.1, -0.05) is 5.92 Å². The van der Waals surface area contributed by atoms with Crippen LogP contribution < -0.4 is 0 Å². The summed E-state index contributed by atoms with van der Waals surface area (Å²) >= 11 is 0. The molecular weight excluding hydrogens is 156 g/mol. The molecule has 1 fully saturated rings. The first kappa shape index (κ1) is 8.11. The number of carbonyl (C=O) groups is 1. The second kappa shape index (κ2) is 2.57. The number of terminal acetylenes is 1. The maximum atomic E-state index is 10.7. The van der Waals surface area contributed by atoms with E-state index in [1.807, 2.05) is 0 Å². The standard InChI is InChI=1S/C8H4N2O2/c1-2-6-8(4-9,5-10)3-7(11)12-6/h1,6H,3H2. The molecule has 1 aliphatic heterocycles. The first-order valence-corrected chi connectivity index (χ1v) is 3.16. The molecule has 0 spiro atoms. The van der Waals surface area contributed by atoms with Gasteiger partial charge in [-0.15, -0.1) is 6.42 Å². The van der Waals surface area contributed by atoms with Crippen LogP contribution in [0.25, 0.3) is 0 Å². The van der Waals surface area contributed by atoms with Crippen molar-refractivity contribution in [2.45, 2.75) is 12.5 Å². The van der Waals surface area contributed by atoms with E-state index in [4.69, 9.17) is 16.9 Å². The summed E-state index contributed by atoms with van der Waals surface area (Å²) in [5.74, 6) is 1.50. The van der Waals surface area contributed by atoms with Crippen molar-refractivity contribution in [3.8, 4) is 24.5 Å². The lowest BCUT2D eigenvalue weighted by atomic mass is 9.84. The van der Waals surface area contributed by atoms with Crippen LogP contribution in [0.3, 0.4) is 0 Å². The van der Waals surface area contributed by atoms with Crippen molar-refractivity contribution < 1.29 is 9.53 Å². The van der Waals surface area contributed by atoms with Crippen molar-refractivity contribution in [2.75, 3.05) is 0 Å². The number of nitriles is 2. The van der Waals surface area contributed by atoms with Crippen LogP contribution in [0.5, 0.6) is 0 Å². The molecule has 1 aliphatic rings. The second-order valence-corrected chi connectivity index (χ2v) is 2.41. The number of esters is 1. The molecule has 0 amide bonds. The van der Waals surface area contributed by atoms with Gasteiger partial charge >= 0.3 is 5.97 Å². The maximum Gasteiger partial charge on any atom is 0.310 e. The number of hydrogen-bond acceptors (Lipinski definition) is 4. The first-order valence-electron chi connectivity index (χ1n) is 3.16. The van der Waals surface area contributed by atoms with Crippen LogP contribution in [-0.4, -0.2) is 12.1 Å². The van der Waals surface area contributed by atoms with Gasteiger partial charge in [0, 0.05) is 0 Å². The molecule has 0 radical (unpaired) electrons. The lowest BCUT2D eigenvalue weighted by Gasteiger charge is -2.11. The monoisotopic (exact) mass is 160 g/mol. The predicted molar refractivity (Wildman–Crippen MR) is 37.0 cm³/mol. The molecule has 12 heavy (non-hydrogen) atoms. The zero-order valence-corrected chi connectivity index (χ0v) is 6.07. The molecule has 4 heteroatoms. The topological polar surface area (TPSA) is 73.9 Å². The minimum Gasteiger partial charge on any atom is -0.446 e. The van der Waals surface area contributed by atoms with Gasteiger partial charge in [0.05, 0.1) is 18.6 Å². The molecule has 0 aliphatic carbocycles. The smallest absolute Gasteiger partial charge is 0.310 e. The van der Waals surface area contributed by atoms with E-state index >= 15 is 0 Å². The van der Waals surface area contributed by atoms with Gasteiger partial charge in [0.1, 0.15) is 0 Å². The lowest BCUT2D eigenvalue weighted by Crippen LogP contribution is -2.26. The Morgan fingerprint density at radius 2 is 2.17 bits per heavy atom. The average molecular weight is 160 g/mol. The summed E-state index contributed by atoms with van der Waals surface area (Å²) in [6, 6.07) is 3.42. The third kappa shape index (κ3) is 0.892.